The Morgan fingerprint density at radius 3 is 1.60 bits per heavy atom. The molecule has 0 aliphatic heterocycles. The summed E-state index contributed by atoms with van der Waals surface area (Å²) in [6.45, 7) is 4.37. The maximum Gasteiger partial charge on any atom is 0.136 e. The summed E-state index contributed by atoms with van der Waals surface area (Å²) < 4.78 is 78.1. The Labute approximate surface area is 292 Å². The van der Waals surface area contributed by atoms with E-state index < -0.39 is 24.2 Å². The zero-order valence-electron chi connectivity index (χ0n) is 34.5. The average molecular weight is 623 g/mol. The van der Waals surface area contributed by atoms with Gasteiger partial charge in [0.1, 0.15) is 11.2 Å². The number of benzene rings is 8. The minimum Gasteiger partial charge on any atom is -0.456 e. The minimum absolute atomic E-state index is 0.180. The molecule has 228 valence electrons. The van der Waals surface area contributed by atoms with Crippen molar-refractivity contribution in [1.82, 2.24) is 0 Å². The van der Waals surface area contributed by atoms with Gasteiger partial charge in [0.25, 0.3) is 0 Å². The second-order valence-electron chi connectivity index (χ2n) is 12.5. The molecule has 1 heteroatoms. The van der Waals surface area contributed by atoms with E-state index in [4.69, 9.17) is 9.90 Å². The van der Waals surface area contributed by atoms with Crippen molar-refractivity contribution in [1.29, 1.82) is 0 Å². The number of hydrogen-bond acceptors (Lipinski definition) is 1. The fourth-order valence-corrected chi connectivity index (χ4v) is 6.94. The van der Waals surface area contributed by atoms with Crippen molar-refractivity contribution in [3.63, 3.8) is 0 Å². The van der Waals surface area contributed by atoms with Crippen LogP contribution in [-0.2, 0) is 0 Å². The van der Waals surface area contributed by atoms with Crippen LogP contribution in [-0.4, -0.2) is 0 Å². The summed E-state index contributed by atoms with van der Waals surface area (Å²) in [5, 5.41) is 2.34. The summed E-state index contributed by atoms with van der Waals surface area (Å²) >= 11 is 0. The van der Waals surface area contributed by atoms with E-state index in [0.29, 0.717) is 39.3 Å². The monoisotopic (exact) mass is 622 g/mol. The highest BCUT2D eigenvalue weighted by molar-refractivity contribution is 6.22. The number of furan rings is 1. The van der Waals surface area contributed by atoms with Crippen molar-refractivity contribution < 1.29 is 15.4 Å². The maximum absolute atomic E-state index is 9.25. The lowest BCUT2D eigenvalue weighted by Crippen LogP contribution is -1.90. The molecule has 0 saturated carbocycles. The molecule has 0 aliphatic rings. The van der Waals surface area contributed by atoms with Gasteiger partial charge in [0, 0.05) is 10.8 Å². The average Bonchev–Trinajstić information content (AvgIpc) is 3.59. The van der Waals surface area contributed by atoms with Crippen LogP contribution in [0.4, 0.5) is 0 Å². The van der Waals surface area contributed by atoms with Crippen LogP contribution >= 0.6 is 0 Å². The first-order valence-electron chi connectivity index (χ1n) is 20.1. The lowest BCUT2D eigenvalue weighted by molar-refractivity contribution is 0.669. The lowest BCUT2D eigenvalue weighted by Gasteiger charge is -2.17. The Bertz CT molecular complexity index is 2990. The molecule has 0 amide bonds. The molecule has 1 nitrogen and oxygen atoms in total. The van der Waals surface area contributed by atoms with Crippen LogP contribution in [0.25, 0.3) is 88.0 Å². The predicted octanol–water partition coefficient (Wildman–Crippen LogP) is 13.7. The van der Waals surface area contributed by atoms with Crippen LogP contribution in [0.3, 0.4) is 0 Å². The summed E-state index contributed by atoms with van der Waals surface area (Å²) in [6.07, 6.45) is 0. The maximum atomic E-state index is 9.25. The Hall–Kier alpha value is -5.92. The molecule has 0 saturated heterocycles. The summed E-state index contributed by atoms with van der Waals surface area (Å²) in [5.41, 5.74) is 8.57. The highest BCUT2D eigenvalue weighted by atomic mass is 16.3. The van der Waals surface area contributed by atoms with Crippen LogP contribution in [0.2, 0.25) is 0 Å². The molecular weight excluding hydrogens is 581 g/mol. The molecule has 9 aromatic rings. The van der Waals surface area contributed by atoms with Gasteiger partial charge in [-0.2, -0.15) is 0 Å². The zero-order chi connectivity index (χ0) is 39.2. The van der Waals surface area contributed by atoms with Crippen LogP contribution < -0.4 is 0 Å². The highest BCUT2D eigenvalue weighted by Gasteiger charge is 2.18. The second kappa shape index (κ2) is 11.4. The standard InChI is InChI=1S/C47H34O/c1-30(2)31-20-22-32(23-21-31)36-14-6-7-15-37(36)34-24-26-38-43-28-35(25-27-44(43)48-45(38)29-34)47-41-18-10-8-16-39(41)46(33-12-4-3-5-13-33)40-17-9-11-19-42(40)47/h3-30H,1-2H3/i8D,9D,10D,11D,16D,17D,18D,19D. The number of rotatable bonds is 5. The molecule has 0 atom stereocenters. The molecule has 8 aromatic carbocycles. The lowest BCUT2D eigenvalue weighted by atomic mass is 9.86. The summed E-state index contributed by atoms with van der Waals surface area (Å²) in [6, 6.07) is 34.7. The molecule has 0 unspecified atom stereocenters. The smallest absolute Gasteiger partial charge is 0.136 e. The van der Waals surface area contributed by atoms with Crippen molar-refractivity contribution in [3.05, 3.63) is 169 Å². The fraction of sp³-hybridized carbons (Fsp3) is 0.0638. The molecule has 0 spiro atoms. The molecule has 0 fully saturated rings. The van der Waals surface area contributed by atoms with Crippen molar-refractivity contribution in [2.24, 2.45) is 0 Å². The highest BCUT2D eigenvalue weighted by Crippen LogP contribution is 2.45. The summed E-state index contributed by atoms with van der Waals surface area (Å²) in [4.78, 5) is 0. The molecular formula is C47H34O. The first-order chi connectivity index (χ1) is 27.0. The number of hydrogen-bond donors (Lipinski definition) is 0. The van der Waals surface area contributed by atoms with E-state index in [1.54, 1.807) is 30.3 Å². The van der Waals surface area contributed by atoms with Crippen molar-refractivity contribution in [2.45, 2.75) is 19.8 Å². The topological polar surface area (TPSA) is 13.1 Å². The van der Waals surface area contributed by atoms with Crippen molar-refractivity contribution >= 4 is 43.5 Å². The van der Waals surface area contributed by atoms with E-state index in [2.05, 4.69) is 56.3 Å². The Balaban J connectivity index is 1.31. The van der Waals surface area contributed by atoms with Gasteiger partial charge in [-0.1, -0.05) is 153 Å². The summed E-state index contributed by atoms with van der Waals surface area (Å²) in [7, 11) is 0. The van der Waals surface area contributed by atoms with Crippen LogP contribution in [0.5, 0.6) is 0 Å². The molecule has 0 bridgehead atoms. The van der Waals surface area contributed by atoms with E-state index >= 15 is 0 Å². The first-order valence-corrected chi connectivity index (χ1v) is 16.1. The van der Waals surface area contributed by atoms with Gasteiger partial charge in [-0.3, -0.25) is 0 Å². The quantitative estimate of drug-likeness (QED) is 0.174. The van der Waals surface area contributed by atoms with Crippen molar-refractivity contribution in [3.8, 4) is 44.5 Å². The first kappa shape index (κ1) is 21.1. The third-order valence-electron chi connectivity index (χ3n) is 9.32. The van der Waals surface area contributed by atoms with Gasteiger partial charge in [-0.15, -0.1) is 0 Å². The van der Waals surface area contributed by atoms with Crippen LogP contribution in [0.15, 0.2) is 168 Å². The zero-order valence-corrected chi connectivity index (χ0v) is 26.5. The molecule has 0 aliphatic carbocycles. The molecule has 9 rings (SSSR count). The Morgan fingerprint density at radius 1 is 0.438 bits per heavy atom. The van der Waals surface area contributed by atoms with E-state index in [-0.39, 0.29) is 45.7 Å². The van der Waals surface area contributed by atoms with Gasteiger partial charge in [-0.05, 0) is 102 Å². The van der Waals surface area contributed by atoms with Crippen LogP contribution in [0, 0.1) is 0 Å². The van der Waals surface area contributed by atoms with E-state index in [1.807, 2.05) is 42.5 Å². The molecule has 48 heavy (non-hydrogen) atoms. The minimum atomic E-state index is -0.429. The second-order valence-corrected chi connectivity index (χ2v) is 12.5. The fourth-order valence-electron chi connectivity index (χ4n) is 6.94. The van der Waals surface area contributed by atoms with Crippen LogP contribution in [0.1, 0.15) is 36.3 Å². The van der Waals surface area contributed by atoms with Crippen molar-refractivity contribution in [2.75, 3.05) is 0 Å². The predicted molar refractivity (Wildman–Crippen MR) is 205 cm³/mol. The normalized spacial score (nSPS) is 14.1. The van der Waals surface area contributed by atoms with Gasteiger partial charge in [-0.25, -0.2) is 0 Å². The van der Waals surface area contributed by atoms with Gasteiger partial charge in [0.2, 0.25) is 0 Å². The SMILES string of the molecule is [2H]c1c([2H])c([2H])c2c(-c3ccc4oc5cc(-c6ccccc6-c6ccc(C(C)C)cc6)ccc5c4c3)c3c([2H])c([2H])c([2H])c([2H])c3c(-c3ccccc3)c2c1[2H]. The molecule has 0 N–H and O–H groups in total. The Morgan fingerprint density at radius 2 is 0.979 bits per heavy atom. The largest absolute Gasteiger partial charge is 0.456 e. The molecule has 1 heterocycles. The Kier molecular flexibility index (Phi) is 5.00. The van der Waals surface area contributed by atoms with Gasteiger partial charge >= 0.3 is 0 Å². The van der Waals surface area contributed by atoms with E-state index in [9.17, 15) is 5.48 Å². The molecule has 1 aromatic heterocycles. The third kappa shape index (κ3) is 4.62. The number of fused-ring (bicyclic) bond motifs is 5. The van der Waals surface area contributed by atoms with Gasteiger partial charge in [0.15, 0.2) is 0 Å². The molecule has 0 radical (unpaired) electrons. The van der Waals surface area contributed by atoms with E-state index in [0.717, 1.165) is 33.0 Å². The van der Waals surface area contributed by atoms with Gasteiger partial charge < -0.3 is 4.42 Å². The third-order valence-corrected chi connectivity index (χ3v) is 9.32. The van der Waals surface area contributed by atoms with Gasteiger partial charge in [0.05, 0.1) is 11.0 Å². The summed E-state index contributed by atoms with van der Waals surface area (Å²) in [5.74, 6) is 0.437. The van der Waals surface area contributed by atoms with E-state index in [1.165, 1.54) is 5.56 Å².